The van der Waals surface area contributed by atoms with Crippen molar-refractivity contribution in [3.8, 4) is 0 Å². The van der Waals surface area contributed by atoms with Crippen LogP contribution in [0.5, 0.6) is 0 Å². The molecule has 124 valence electrons. The van der Waals surface area contributed by atoms with Crippen LogP contribution in [0.3, 0.4) is 0 Å². The van der Waals surface area contributed by atoms with Crippen molar-refractivity contribution in [2.75, 3.05) is 5.32 Å². The topological polar surface area (TPSA) is 95.6 Å². The van der Waals surface area contributed by atoms with Crippen molar-refractivity contribution in [2.24, 2.45) is 0 Å². The van der Waals surface area contributed by atoms with E-state index in [1.165, 1.54) is 17.5 Å². The molecule has 0 unspecified atom stereocenters. The van der Waals surface area contributed by atoms with E-state index >= 15 is 0 Å². The van der Waals surface area contributed by atoms with E-state index in [4.69, 9.17) is 0 Å². The molecule has 3 N–H and O–H groups in total. The fourth-order valence-corrected chi connectivity index (χ4v) is 3.41. The van der Waals surface area contributed by atoms with Gasteiger partial charge in [0.05, 0.1) is 13.2 Å². The van der Waals surface area contributed by atoms with Crippen LogP contribution in [0.4, 0.5) is 5.82 Å². The van der Waals surface area contributed by atoms with Crippen LogP contribution in [0.1, 0.15) is 27.9 Å². The van der Waals surface area contributed by atoms with Crippen LogP contribution in [-0.2, 0) is 26.1 Å². The zero-order chi connectivity index (χ0) is 16.7. The molecule has 1 aromatic carbocycles. The minimum Gasteiger partial charge on any atom is -0.392 e. The van der Waals surface area contributed by atoms with Crippen molar-refractivity contribution < 1.29 is 10.2 Å². The average Bonchev–Trinajstić information content (AvgIpc) is 3.18. The van der Waals surface area contributed by atoms with Gasteiger partial charge in [0.2, 0.25) is 0 Å². The molecule has 0 spiro atoms. The first-order chi connectivity index (χ1) is 11.7. The Hall–Kier alpha value is -2.51. The van der Waals surface area contributed by atoms with E-state index in [1.807, 2.05) is 25.1 Å². The highest BCUT2D eigenvalue weighted by atomic mass is 16.3. The van der Waals surface area contributed by atoms with Crippen molar-refractivity contribution in [1.29, 1.82) is 0 Å². The van der Waals surface area contributed by atoms with Crippen LogP contribution < -0.4 is 5.32 Å². The molecule has 0 amide bonds. The van der Waals surface area contributed by atoms with E-state index in [0.29, 0.717) is 5.78 Å². The Morgan fingerprint density at radius 2 is 1.79 bits per heavy atom. The van der Waals surface area contributed by atoms with E-state index < -0.39 is 0 Å². The van der Waals surface area contributed by atoms with E-state index in [9.17, 15) is 10.2 Å². The lowest BCUT2D eigenvalue weighted by Gasteiger charge is -2.14. The molecule has 24 heavy (non-hydrogen) atoms. The summed E-state index contributed by atoms with van der Waals surface area (Å²) < 4.78 is 1.70. The number of aryl methyl sites for hydroxylation is 1. The van der Waals surface area contributed by atoms with Gasteiger partial charge in [0.1, 0.15) is 12.1 Å². The van der Waals surface area contributed by atoms with Gasteiger partial charge in [-0.2, -0.15) is 14.6 Å². The summed E-state index contributed by atoms with van der Waals surface area (Å²) in [5, 5.41) is 26.7. The molecule has 2 heterocycles. The third-order valence-corrected chi connectivity index (χ3v) is 4.53. The van der Waals surface area contributed by atoms with Gasteiger partial charge in [-0.1, -0.05) is 12.1 Å². The summed E-state index contributed by atoms with van der Waals surface area (Å²) in [6.45, 7) is 1.83. The van der Waals surface area contributed by atoms with E-state index in [0.717, 1.165) is 35.5 Å². The summed E-state index contributed by atoms with van der Waals surface area (Å²) in [4.78, 5) is 8.49. The van der Waals surface area contributed by atoms with Gasteiger partial charge >= 0.3 is 0 Å². The largest absolute Gasteiger partial charge is 0.392 e. The molecule has 1 aliphatic carbocycles. The number of aliphatic hydroxyl groups excluding tert-OH is 2. The monoisotopic (exact) mass is 325 g/mol. The van der Waals surface area contributed by atoms with Crippen LogP contribution in [0.2, 0.25) is 0 Å². The van der Waals surface area contributed by atoms with Crippen LogP contribution in [-0.4, -0.2) is 35.8 Å². The third kappa shape index (κ3) is 2.51. The molecule has 0 fully saturated rings. The maximum absolute atomic E-state index is 9.45. The number of anilines is 1. The lowest BCUT2D eigenvalue weighted by molar-refractivity contribution is 0.260. The summed E-state index contributed by atoms with van der Waals surface area (Å²) in [7, 11) is 0. The Bertz CT molecular complexity index is 872. The highest BCUT2D eigenvalue weighted by Gasteiger charge is 2.24. The van der Waals surface area contributed by atoms with Crippen molar-refractivity contribution in [3.63, 3.8) is 0 Å². The second-order valence-electron chi connectivity index (χ2n) is 6.21. The normalized spacial score (nSPS) is 14.3. The first-order valence-corrected chi connectivity index (χ1v) is 7.97. The molecule has 2 aromatic heterocycles. The molecule has 0 bridgehead atoms. The summed E-state index contributed by atoms with van der Waals surface area (Å²) in [5.74, 6) is 1.45. The van der Waals surface area contributed by atoms with Gasteiger partial charge in [0.15, 0.2) is 0 Å². The molecule has 0 saturated carbocycles. The summed E-state index contributed by atoms with van der Waals surface area (Å²) >= 11 is 0. The first-order valence-electron chi connectivity index (χ1n) is 7.97. The SMILES string of the molecule is Cc1cc(NC2Cc3cc(CO)c(CO)cc3C2)n2ncnc2n1. The van der Waals surface area contributed by atoms with E-state index in [2.05, 4.69) is 20.4 Å². The molecule has 0 saturated heterocycles. The Labute approximate surface area is 139 Å². The fraction of sp³-hybridized carbons (Fsp3) is 0.353. The maximum atomic E-state index is 9.45. The predicted molar refractivity (Wildman–Crippen MR) is 88.6 cm³/mol. The number of hydrogen-bond acceptors (Lipinski definition) is 6. The van der Waals surface area contributed by atoms with Crippen LogP contribution in [0.25, 0.3) is 5.78 Å². The fourth-order valence-electron chi connectivity index (χ4n) is 3.41. The Morgan fingerprint density at radius 1 is 1.12 bits per heavy atom. The van der Waals surface area contributed by atoms with Crippen molar-refractivity contribution >= 4 is 11.6 Å². The molecule has 7 nitrogen and oxygen atoms in total. The molecule has 7 heteroatoms. The molecule has 0 atom stereocenters. The average molecular weight is 325 g/mol. The minimum absolute atomic E-state index is 0.0512. The van der Waals surface area contributed by atoms with Crippen molar-refractivity contribution in [3.05, 3.63) is 52.5 Å². The lowest BCUT2D eigenvalue weighted by atomic mass is 10.0. The zero-order valence-corrected chi connectivity index (χ0v) is 13.4. The second-order valence-corrected chi connectivity index (χ2v) is 6.21. The Balaban J connectivity index is 1.61. The summed E-state index contributed by atoms with van der Waals surface area (Å²) in [6.07, 6.45) is 3.23. The predicted octanol–water partition coefficient (Wildman–Crippen LogP) is 0.997. The number of nitrogens with one attached hydrogen (secondary N) is 1. The highest BCUT2D eigenvalue weighted by molar-refractivity contribution is 5.48. The molecule has 4 rings (SSSR count). The summed E-state index contributed by atoms with van der Waals surface area (Å²) in [6, 6.07) is 6.20. The Morgan fingerprint density at radius 3 is 2.42 bits per heavy atom. The number of rotatable bonds is 4. The number of benzene rings is 1. The standard InChI is InChI=1S/C17H19N5O2/c1-10-2-16(22-17(20-10)18-9-19-22)21-15-5-11-3-13(7-23)14(8-24)4-12(11)6-15/h2-4,9,15,21,23-24H,5-8H2,1H3. The molecular formula is C17H19N5O2. The van der Waals surface area contributed by atoms with Crippen molar-refractivity contribution in [1.82, 2.24) is 19.6 Å². The van der Waals surface area contributed by atoms with Gasteiger partial charge in [-0.25, -0.2) is 4.98 Å². The second kappa shape index (κ2) is 5.85. The number of aromatic nitrogens is 4. The maximum Gasteiger partial charge on any atom is 0.254 e. The number of nitrogens with zero attached hydrogens (tertiary/aromatic N) is 4. The molecule has 3 aromatic rings. The third-order valence-electron chi connectivity index (χ3n) is 4.53. The Kier molecular flexibility index (Phi) is 3.66. The smallest absolute Gasteiger partial charge is 0.254 e. The van der Waals surface area contributed by atoms with Gasteiger partial charge < -0.3 is 15.5 Å². The highest BCUT2D eigenvalue weighted by Crippen LogP contribution is 2.28. The zero-order valence-electron chi connectivity index (χ0n) is 13.4. The number of aliphatic hydroxyl groups is 2. The molecule has 0 radical (unpaired) electrons. The van der Waals surface area contributed by atoms with E-state index in [-0.39, 0.29) is 19.3 Å². The van der Waals surface area contributed by atoms with Crippen LogP contribution in [0, 0.1) is 6.92 Å². The minimum atomic E-state index is -0.0512. The van der Waals surface area contributed by atoms with Gasteiger partial charge in [0, 0.05) is 17.8 Å². The number of fused-ring (bicyclic) bond motifs is 2. The van der Waals surface area contributed by atoms with Gasteiger partial charge in [-0.15, -0.1) is 0 Å². The first kappa shape index (κ1) is 15.0. The molecule has 1 aliphatic rings. The van der Waals surface area contributed by atoms with Crippen molar-refractivity contribution in [2.45, 2.75) is 39.0 Å². The summed E-state index contributed by atoms with van der Waals surface area (Å²) in [5.41, 5.74) is 4.92. The molecule has 0 aliphatic heterocycles. The quantitative estimate of drug-likeness (QED) is 0.662. The van der Waals surface area contributed by atoms with Crippen LogP contribution >= 0.6 is 0 Å². The van der Waals surface area contributed by atoms with Gasteiger partial charge in [-0.05, 0) is 42.0 Å². The van der Waals surface area contributed by atoms with E-state index in [1.54, 1.807) is 4.52 Å². The van der Waals surface area contributed by atoms with Crippen LogP contribution in [0.15, 0.2) is 24.5 Å². The lowest BCUT2D eigenvalue weighted by Crippen LogP contribution is -2.21. The molecular weight excluding hydrogens is 306 g/mol. The van der Waals surface area contributed by atoms with Gasteiger partial charge in [0.25, 0.3) is 5.78 Å². The number of hydrogen-bond donors (Lipinski definition) is 3. The van der Waals surface area contributed by atoms with Gasteiger partial charge in [-0.3, -0.25) is 0 Å².